The summed E-state index contributed by atoms with van der Waals surface area (Å²) in [4.78, 5) is 37.9. The smallest absolute Gasteiger partial charge is 0.348 e. The van der Waals surface area contributed by atoms with Gasteiger partial charge >= 0.3 is 11.9 Å². The molecule has 0 radical (unpaired) electrons. The van der Waals surface area contributed by atoms with Crippen molar-refractivity contribution in [3.05, 3.63) is 51.4 Å². The minimum absolute atomic E-state index is 0.120. The fraction of sp³-hybridized carbons (Fsp3) is 0.333. The molecule has 1 N–H and O–H groups in total. The molecule has 1 aromatic carbocycles. The van der Waals surface area contributed by atoms with Gasteiger partial charge in [0.15, 0.2) is 0 Å². The fourth-order valence-electron chi connectivity index (χ4n) is 2.44. The number of hydrogen-bond donors (Lipinski definition) is 1. The number of nitriles is 1. The molecule has 7 nitrogen and oxygen atoms in total. The second kappa shape index (κ2) is 8.88. The standard InChI is InChI=1S/C21H22N2O5S/c1-6-27-20(26)16-12(2)15(19(25)28-21(3,4)5)18(29-16)23-17(24)14-9-7-13(11-22)8-10-14/h7-10H,6H2,1-5H3,(H,23,24). The molecule has 0 bridgehead atoms. The first-order chi connectivity index (χ1) is 13.6. The van der Waals surface area contributed by atoms with Crippen LogP contribution in [0.5, 0.6) is 0 Å². The minimum Gasteiger partial charge on any atom is -0.462 e. The van der Waals surface area contributed by atoms with Crippen LogP contribution in [-0.4, -0.2) is 30.1 Å². The molecule has 2 rings (SSSR count). The SMILES string of the molecule is CCOC(=O)c1sc(NC(=O)c2ccc(C#N)cc2)c(C(=O)OC(C)(C)C)c1C. The lowest BCUT2D eigenvalue weighted by atomic mass is 10.1. The van der Waals surface area contributed by atoms with Gasteiger partial charge in [0.25, 0.3) is 5.91 Å². The van der Waals surface area contributed by atoms with Gasteiger partial charge in [0.2, 0.25) is 0 Å². The van der Waals surface area contributed by atoms with Gasteiger partial charge in [-0.2, -0.15) is 5.26 Å². The van der Waals surface area contributed by atoms with Crippen LogP contribution in [0.15, 0.2) is 24.3 Å². The van der Waals surface area contributed by atoms with Crippen LogP contribution < -0.4 is 5.32 Å². The summed E-state index contributed by atoms with van der Waals surface area (Å²) in [6.45, 7) is 8.67. The Hall–Kier alpha value is -3.18. The number of esters is 2. The van der Waals surface area contributed by atoms with Crippen LogP contribution in [-0.2, 0) is 9.47 Å². The van der Waals surface area contributed by atoms with E-state index in [0.717, 1.165) is 11.3 Å². The average Bonchev–Trinajstić information content (AvgIpc) is 2.96. The van der Waals surface area contributed by atoms with E-state index in [1.54, 1.807) is 34.6 Å². The first kappa shape index (κ1) is 22.1. The maximum Gasteiger partial charge on any atom is 0.348 e. The molecule has 1 heterocycles. The van der Waals surface area contributed by atoms with E-state index in [0.29, 0.717) is 16.7 Å². The summed E-state index contributed by atoms with van der Waals surface area (Å²) in [6, 6.07) is 8.04. The molecule has 0 aliphatic heterocycles. The van der Waals surface area contributed by atoms with Crippen molar-refractivity contribution in [1.29, 1.82) is 5.26 Å². The van der Waals surface area contributed by atoms with Crippen LogP contribution in [0.3, 0.4) is 0 Å². The average molecular weight is 414 g/mol. The number of ether oxygens (including phenoxy) is 2. The quantitative estimate of drug-likeness (QED) is 0.731. The van der Waals surface area contributed by atoms with Gasteiger partial charge in [-0.05, 0) is 64.4 Å². The van der Waals surface area contributed by atoms with E-state index >= 15 is 0 Å². The summed E-state index contributed by atoms with van der Waals surface area (Å²) in [5, 5.41) is 11.8. The number of anilines is 1. The molecule has 0 spiro atoms. The molecule has 8 heteroatoms. The molecule has 0 saturated carbocycles. The van der Waals surface area contributed by atoms with Crippen molar-refractivity contribution in [2.24, 2.45) is 0 Å². The molecule has 0 saturated heterocycles. The van der Waals surface area contributed by atoms with E-state index < -0.39 is 23.4 Å². The van der Waals surface area contributed by atoms with E-state index in [-0.39, 0.29) is 22.0 Å². The highest BCUT2D eigenvalue weighted by Crippen LogP contribution is 2.35. The Bertz CT molecular complexity index is 978. The molecular formula is C21H22N2O5S. The Morgan fingerprint density at radius 3 is 2.28 bits per heavy atom. The van der Waals surface area contributed by atoms with Gasteiger partial charge in [-0.25, -0.2) is 9.59 Å². The predicted octanol–water partition coefficient (Wildman–Crippen LogP) is 4.31. The van der Waals surface area contributed by atoms with Crippen molar-refractivity contribution in [2.75, 3.05) is 11.9 Å². The summed E-state index contributed by atoms with van der Waals surface area (Å²) in [5.41, 5.74) is 0.493. The van der Waals surface area contributed by atoms with Crippen LogP contribution in [0.4, 0.5) is 5.00 Å². The molecule has 29 heavy (non-hydrogen) atoms. The number of nitrogens with zero attached hydrogens (tertiary/aromatic N) is 1. The van der Waals surface area contributed by atoms with E-state index in [4.69, 9.17) is 14.7 Å². The monoisotopic (exact) mass is 414 g/mol. The number of hydrogen-bond acceptors (Lipinski definition) is 7. The van der Waals surface area contributed by atoms with Gasteiger partial charge in [-0.1, -0.05) is 0 Å². The Morgan fingerprint density at radius 2 is 1.76 bits per heavy atom. The third kappa shape index (κ3) is 5.42. The molecule has 1 amide bonds. The molecule has 0 aliphatic carbocycles. The summed E-state index contributed by atoms with van der Waals surface area (Å²) < 4.78 is 10.5. The van der Waals surface area contributed by atoms with E-state index in [2.05, 4.69) is 5.32 Å². The zero-order valence-electron chi connectivity index (χ0n) is 16.9. The fourth-order valence-corrected chi connectivity index (χ4v) is 3.52. The molecule has 0 unspecified atom stereocenters. The third-order valence-corrected chi connectivity index (χ3v) is 4.90. The molecule has 0 fully saturated rings. The van der Waals surface area contributed by atoms with Crippen LogP contribution in [0.1, 0.15) is 69.2 Å². The highest BCUT2D eigenvalue weighted by atomic mass is 32.1. The number of carbonyl (C=O) groups is 3. The van der Waals surface area contributed by atoms with Gasteiger partial charge in [0.05, 0.1) is 23.8 Å². The zero-order valence-corrected chi connectivity index (χ0v) is 17.7. The number of amides is 1. The van der Waals surface area contributed by atoms with Gasteiger partial charge in [0.1, 0.15) is 15.5 Å². The topological polar surface area (TPSA) is 105 Å². The normalized spacial score (nSPS) is 10.8. The maximum absolute atomic E-state index is 12.7. The Labute approximate surface area is 173 Å². The van der Waals surface area contributed by atoms with E-state index in [1.807, 2.05) is 6.07 Å². The lowest BCUT2D eigenvalue weighted by Crippen LogP contribution is -2.25. The van der Waals surface area contributed by atoms with Crippen LogP contribution in [0.25, 0.3) is 0 Å². The second-order valence-corrected chi connectivity index (χ2v) is 8.15. The zero-order chi connectivity index (χ0) is 21.8. The Kier molecular flexibility index (Phi) is 6.77. The number of thiophene rings is 1. The van der Waals surface area contributed by atoms with Gasteiger partial charge in [-0.3, -0.25) is 4.79 Å². The first-order valence-electron chi connectivity index (χ1n) is 8.92. The van der Waals surface area contributed by atoms with Crippen molar-refractivity contribution in [3.63, 3.8) is 0 Å². The molecule has 0 atom stereocenters. The number of carbonyl (C=O) groups excluding carboxylic acids is 3. The largest absolute Gasteiger partial charge is 0.462 e. The summed E-state index contributed by atoms with van der Waals surface area (Å²) >= 11 is 0.959. The second-order valence-electron chi connectivity index (χ2n) is 7.13. The molecule has 2 aromatic rings. The molecular weight excluding hydrogens is 392 g/mol. The number of benzene rings is 1. The Balaban J connectivity index is 2.43. The summed E-state index contributed by atoms with van der Waals surface area (Å²) in [5.74, 6) is -1.69. The van der Waals surface area contributed by atoms with E-state index in [9.17, 15) is 14.4 Å². The molecule has 152 valence electrons. The predicted molar refractivity (Wildman–Crippen MR) is 109 cm³/mol. The van der Waals surface area contributed by atoms with Crippen molar-refractivity contribution in [1.82, 2.24) is 0 Å². The highest BCUT2D eigenvalue weighted by Gasteiger charge is 2.29. The Morgan fingerprint density at radius 1 is 1.14 bits per heavy atom. The van der Waals surface area contributed by atoms with Crippen molar-refractivity contribution in [3.8, 4) is 6.07 Å². The highest BCUT2D eigenvalue weighted by molar-refractivity contribution is 7.18. The van der Waals surface area contributed by atoms with Gasteiger partial charge in [-0.15, -0.1) is 11.3 Å². The summed E-state index contributed by atoms with van der Waals surface area (Å²) in [6.07, 6.45) is 0. The molecule has 1 aromatic heterocycles. The van der Waals surface area contributed by atoms with Crippen LogP contribution in [0.2, 0.25) is 0 Å². The lowest BCUT2D eigenvalue weighted by Gasteiger charge is -2.20. The van der Waals surface area contributed by atoms with Crippen LogP contribution >= 0.6 is 11.3 Å². The van der Waals surface area contributed by atoms with E-state index in [1.165, 1.54) is 24.3 Å². The van der Waals surface area contributed by atoms with Crippen molar-refractivity contribution in [2.45, 2.75) is 40.2 Å². The maximum atomic E-state index is 12.7. The number of nitrogens with one attached hydrogen (secondary N) is 1. The van der Waals surface area contributed by atoms with Gasteiger partial charge < -0.3 is 14.8 Å². The van der Waals surface area contributed by atoms with Crippen LogP contribution in [0, 0.1) is 18.3 Å². The minimum atomic E-state index is -0.746. The van der Waals surface area contributed by atoms with Crippen molar-refractivity contribution >= 4 is 34.2 Å². The number of rotatable bonds is 5. The lowest BCUT2D eigenvalue weighted by molar-refractivity contribution is 0.00705. The molecule has 0 aliphatic rings. The van der Waals surface area contributed by atoms with Gasteiger partial charge in [0, 0.05) is 5.56 Å². The van der Waals surface area contributed by atoms with Crippen molar-refractivity contribution < 1.29 is 23.9 Å². The summed E-state index contributed by atoms with van der Waals surface area (Å²) in [7, 11) is 0. The third-order valence-electron chi connectivity index (χ3n) is 3.71. The first-order valence-corrected chi connectivity index (χ1v) is 9.74.